The van der Waals surface area contributed by atoms with Gasteiger partial charge in [-0.1, -0.05) is 0 Å². The van der Waals surface area contributed by atoms with E-state index in [0.29, 0.717) is 18.1 Å². The zero-order chi connectivity index (χ0) is 10.3. The van der Waals surface area contributed by atoms with Crippen LogP contribution in [0, 0.1) is 0 Å². The molecule has 1 atom stereocenters. The van der Waals surface area contributed by atoms with Crippen LogP contribution in [0.15, 0.2) is 0 Å². The van der Waals surface area contributed by atoms with Crippen LogP contribution in [0.1, 0.15) is 19.8 Å². The number of rotatable bonds is 5. The molecule has 0 amide bonds. The average Bonchev–Trinajstić information content (AvgIpc) is 2.13. The van der Waals surface area contributed by atoms with Crippen LogP contribution in [0.3, 0.4) is 0 Å². The van der Waals surface area contributed by atoms with E-state index in [4.69, 9.17) is 28.6 Å². The van der Waals surface area contributed by atoms with E-state index in [1.165, 1.54) is 7.11 Å². The van der Waals surface area contributed by atoms with Gasteiger partial charge in [-0.2, -0.15) is 0 Å². The highest BCUT2D eigenvalue weighted by atomic mass is 35.5. The van der Waals surface area contributed by atoms with Gasteiger partial charge < -0.3 is 9.47 Å². The van der Waals surface area contributed by atoms with Crippen molar-refractivity contribution < 1.29 is 14.3 Å². The van der Waals surface area contributed by atoms with E-state index in [1.807, 2.05) is 6.92 Å². The summed E-state index contributed by atoms with van der Waals surface area (Å²) in [5, 5.41) is -0.0536. The van der Waals surface area contributed by atoms with Crippen LogP contribution < -0.4 is 0 Å². The lowest BCUT2D eigenvalue weighted by Crippen LogP contribution is -2.17. The molecule has 0 aliphatic rings. The number of alkyl halides is 1. The van der Waals surface area contributed by atoms with Crippen molar-refractivity contribution in [3.63, 3.8) is 0 Å². The normalized spacial score (nSPS) is 11.9. The zero-order valence-electron chi connectivity index (χ0n) is 7.71. The number of ether oxygens (including phenoxy) is 2. The van der Waals surface area contributed by atoms with Crippen LogP contribution in [0.2, 0.25) is 0 Å². The van der Waals surface area contributed by atoms with Crippen LogP contribution in [0.5, 0.6) is 0 Å². The van der Waals surface area contributed by atoms with Gasteiger partial charge in [0, 0.05) is 6.42 Å². The third-order valence-corrected chi connectivity index (χ3v) is 2.32. The van der Waals surface area contributed by atoms with Crippen molar-refractivity contribution in [2.45, 2.75) is 25.1 Å². The highest BCUT2D eigenvalue weighted by Gasteiger charge is 2.14. The highest BCUT2D eigenvalue weighted by Crippen LogP contribution is 2.09. The molecule has 0 radical (unpaired) electrons. The Hall–Kier alpha value is -0.350. The summed E-state index contributed by atoms with van der Waals surface area (Å²) in [5.41, 5.74) is 0. The molecule has 0 aromatic rings. The molecule has 13 heavy (non-hydrogen) atoms. The van der Waals surface area contributed by atoms with Gasteiger partial charge in [-0.3, -0.25) is 4.79 Å². The molecule has 0 aliphatic carbocycles. The third kappa shape index (κ3) is 5.82. The first-order valence-corrected chi connectivity index (χ1v) is 4.83. The van der Waals surface area contributed by atoms with Gasteiger partial charge in [-0.15, -0.1) is 11.6 Å². The lowest BCUT2D eigenvalue weighted by molar-refractivity contribution is -0.140. The fraction of sp³-hybridized carbons (Fsp3) is 0.750. The van der Waals surface area contributed by atoms with E-state index < -0.39 is 5.38 Å². The third-order valence-electron chi connectivity index (χ3n) is 1.37. The van der Waals surface area contributed by atoms with Crippen molar-refractivity contribution in [3.05, 3.63) is 0 Å². The second-order valence-corrected chi connectivity index (χ2v) is 3.26. The molecule has 0 fully saturated rings. The number of carbonyl (C=O) groups excluding carboxylic acids is 1. The van der Waals surface area contributed by atoms with Gasteiger partial charge in [0.25, 0.3) is 0 Å². The molecule has 76 valence electrons. The SMILES string of the molecule is CCOC(=S)C(Cl)CCC(=O)OC. The van der Waals surface area contributed by atoms with Crippen molar-refractivity contribution >= 4 is 34.8 Å². The van der Waals surface area contributed by atoms with Crippen LogP contribution in [0.25, 0.3) is 0 Å². The maximum Gasteiger partial charge on any atom is 0.305 e. The molecule has 0 aromatic carbocycles. The number of carbonyl (C=O) groups is 1. The Kier molecular flexibility index (Phi) is 6.90. The lowest BCUT2D eigenvalue weighted by atomic mass is 10.2. The van der Waals surface area contributed by atoms with Gasteiger partial charge in [0.1, 0.15) is 5.38 Å². The molecule has 3 nitrogen and oxygen atoms in total. The fourth-order valence-corrected chi connectivity index (χ4v) is 1.10. The van der Waals surface area contributed by atoms with E-state index in [9.17, 15) is 4.79 Å². The van der Waals surface area contributed by atoms with Gasteiger partial charge in [0.05, 0.1) is 13.7 Å². The summed E-state index contributed by atoms with van der Waals surface area (Å²) in [6.07, 6.45) is 0.713. The molecule has 0 bridgehead atoms. The number of thiocarbonyl (C=S) groups is 1. The maximum absolute atomic E-state index is 10.7. The molecule has 0 spiro atoms. The number of halogens is 1. The van der Waals surface area contributed by atoms with Gasteiger partial charge in [0.15, 0.2) is 5.05 Å². The van der Waals surface area contributed by atoms with Crippen molar-refractivity contribution in [2.75, 3.05) is 13.7 Å². The Morgan fingerprint density at radius 2 is 2.23 bits per heavy atom. The zero-order valence-corrected chi connectivity index (χ0v) is 9.28. The molecule has 0 aromatic heterocycles. The Morgan fingerprint density at radius 3 is 2.69 bits per heavy atom. The molecule has 0 saturated carbocycles. The van der Waals surface area contributed by atoms with Gasteiger partial charge in [0.2, 0.25) is 0 Å². The fourth-order valence-electron chi connectivity index (χ4n) is 0.697. The first-order valence-electron chi connectivity index (χ1n) is 3.99. The molecule has 0 saturated heterocycles. The predicted octanol–water partition coefficient (Wildman–Crippen LogP) is 1.91. The van der Waals surface area contributed by atoms with E-state index in [1.54, 1.807) is 0 Å². The van der Waals surface area contributed by atoms with E-state index in [-0.39, 0.29) is 12.4 Å². The quantitative estimate of drug-likeness (QED) is 0.406. The molecular weight excluding hydrogens is 212 g/mol. The largest absolute Gasteiger partial charge is 0.486 e. The molecular formula is C8H13ClO3S. The monoisotopic (exact) mass is 224 g/mol. The minimum Gasteiger partial charge on any atom is -0.486 e. The van der Waals surface area contributed by atoms with Crippen molar-refractivity contribution in [3.8, 4) is 0 Å². The Balaban J connectivity index is 3.67. The van der Waals surface area contributed by atoms with Gasteiger partial charge in [-0.25, -0.2) is 0 Å². The predicted molar refractivity (Wildman–Crippen MR) is 55.1 cm³/mol. The van der Waals surface area contributed by atoms with Crippen LogP contribution in [0.4, 0.5) is 0 Å². The standard InChI is InChI=1S/C8H13ClO3S/c1-3-12-8(13)6(9)4-5-7(10)11-2/h6H,3-5H2,1-2H3. The second kappa shape index (κ2) is 7.09. The average molecular weight is 225 g/mol. The van der Waals surface area contributed by atoms with E-state index >= 15 is 0 Å². The molecule has 5 heteroatoms. The molecule has 0 rings (SSSR count). The summed E-state index contributed by atoms with van der Waals surface area (Å²) in [4.78, 5) is 10.7. The number of methoxy groups -OCH3 is 1. The maximum atomic E-state index is 10.7. The highest BCUT2D eigenvalue weighted by molar-refractivity contribution is 7.80. The summed E-state index contributed by atoms with van der Waals surface area (Å²) >= 11 is 10.7. The summed E-state index contributed by atoms with van der Waals surface area (Å²) in [6.45, 7) is 2.33. The van der Waals surface area contributed by atoms with Crippen LogP contribution in [-0.2, 0) is 14.3 Å². The summed E-state index contributed by atoms with van der Waals surface area (Å²) in [6, 6.07) is 0. The van der Waals surface area contributed by atoms with Gasteiger partial charge >= 0.3 is 5.97 Å². The minimum atomic E-state index is -0.394. The lowest BCUT2D eigenvalue weighted by Gasteiger charge is -2.10. The second-order valence-electron chi connectivity index (χ2n) is 2.33. The van der Waals surface area contributed by atoms with Crippen molar-refractivity contribution in [2.24, 2.45) is 0 Å². The number of hydrogen-bond acceptors (Lipinski definition) is 4. The van der Waals surface area contributed by atoms with Crippen LogP contribution in [-0.4, -0.2) is 30.1 Å². The molecule has 0 N–H and O–H groups in total. The van der Waals surface area contributed by atoms with Crippen molar-refractivity contribution in [1.29, 1.82) is 0 Å². The molecule has 1 unspecified atom stereocenters. The van der Waals surface area contributed by atoms with Crippen molar-refractivity contribution in [1.82, 2.24) is 0 Å². The van der Waals surface area contributed by atoms with Gasteiger partial charge in [-0.05, 0) is 25.6 Å². The molecule has 0 aliphatic heterocycles. The van der Waals surface area contributed by atoms with E-state index in [2.05, 4.69) is 4.74 Å². The summed E-state index contributed by atoms with van der Waals surface area (Å²) in [5.74, 6) is -0.287. The molecule has 0 heterocycles. The Morgan fingerprint density at radius 1 is 1.62 bits per heavy atom. The summed E-state index contributed by atoms with van der Waals surface area (Å²) < 4.78 is 9.48. The Labute approximate surface area is 88.3 Å². The van der Waals surface area contributed by atoms with Crippen LogP contribution >= 0.6 is 23.8 Å². The summed E-state index contributed by atoms with van der Waals surface area (Å²) in [7, 11) is 1.34. The number of esters is 1. The first kappa shape index (κ1) is 12.7. The van der Waals surface area contributed by atoms with E-state index in [0.717, 1.165) is 0 Å². The topological polar surface area (TPSA) is 35.5 Å². The number of hydrogen-bond donors (Lipinski definition) is 0. The Bertz CT molecular complexity index is 184. The first-order chi connectivity index (χ1) is 6.11. The minimum absolute atomic E-state index is 0.262. The smallest absolute Gasteiger partial charge is 0.305 e.